The molecule has 0 saturated carbocycles. The third-order valence-electron chi connectivity index (χ3n) is 6.48. The molecule has 0 radical (unpaired) electrons. The third kappa shape index (κ3) is 5.44. The van der Waals surface area contributed by atoms with E-state index >= 15 is 0 Å². The number of carbonyl (C=O) groups excluding carboxylic acids is 1. The molecule has 0 bridgehead atoms. The maximum absolute atomic E-state index is 13.2. The van der Waals surface area contributed by atoms with Crippen molar-refractivity contribution in [3.63, 3.8) is 0 Å². The van der Waals surface area contributed by atoms with Gasteiger partial charge in [0.15, 0.2) is 5.69 Å². The van der Waals surface area contributed by atoms with Crippen molar-refractivity contribution in [1.82, 2.24) is 15.2 Å². The number of thiazole rings is 1. The van der Waals surface area contributed by atoms with Crippen molar-refractivity contribution in [3.05, 3.63) is 76.9 Å². The Bertz CT molecular complexity index is 1640. The average molecular weight is 570 g/mol. The number of nitrogens with zero attached hydrogens (tertiary/aromatic N) is 6. The van der Waals surface area contributed by atoms with Crippen LogP contribution >= 0.6 is 11.3 Å². The van der Waals surface area contributed by atoms with Crippen LogP contribution in [0.25, 0.3) is 17.2 Å². The summed E-state index contributed by atoms with van der Waals surface area (Å²) in [4.78, 5) is 29.1. The largest absolute Gasteiger partial charge is 0.404 e. The smallest absolute Gasteiger partial charge is 0.317 e. The molecule has 2 aromatic heterocycles. The number of allylic oxidation sites excluding steroid dienone is 1. The standard InChI is InChI=1S/C28H27N9O3S/c1-30-16-18(15-29)26-33-22(27(41-26)37-11-13-39-14-12-37)25-35-36-28(40-25)34-23-24(38)31-20-10-6-5-9-19(20)21(32-23)17-7-3-2-4-8-17/h2-10,15-16,23H,11-14,29H2,1H3,(H,31,38)(H,34,36)/t23-/m1/s1. The lowest BCUT2D eigenvalue weighted by Gasteiger charge is -2.27. The number of nitrogens with two attached hydrogens (primary N) is 1. The number of benzodiazepines with no additional fused rings is 1. The molecule has 1 fully saturated rings. The Kier molecular flexibility index (Phi) is 7.52. The summed E-state index contributed by atoms with van der Waals surface area (Å²) in [6.07, 6.45) is 2.09. The number of morpholine rings is 1. The Morgan fingerprint density at radius 3 is 2.71 bits per heavy atom. The van der Waals surface area contributed by atoms with Crippen LogP contribution in [0.4, 0.5) is 16.7 Å². The molecule has 0 spiro atoms. The number of hydrogen-bond donors (Lipinski definition) is 3. The molecule has 6 rings (SSSR count). The summed E-state index contributed by atoms with van der Waals surface area (Å²) >= 11 is 1.46. The summed E-state index contributed by atoms with van der Waals surface area (Å²) < 4.78 is 11.5. The van der Waals surface area contributed by atoms with Gasteiger partial charge in [0.2, 0.25) is 6.17 Å². The second-order valence-electron chi connectivity index (χ2n) is 9.12. The number of aromatic nitrogens is 3. The van der Waals surface area contributed by atoms with E-state index in [0.717, 1.165) is 16.1 Å². The van der Waals surface area contributed by atoms with Crippen molar-refractivity contribution < 1.29 is 13.9 Å². The summed E-state index contributed by atoms with van der Waals surface area (Å²) in [5, 5.41) is 15.9. The quantitative estimate of drug-likeness (QED) is 0.284. The van der Waals surface area contributed by atoms with E-state index in [1.165, 1.54) is 17.5 Å². The maximum atomic E-state index is 13.2. The minimum Gasteiger partial charge on any atom is -0.404 e. The van der Waals surface area contributed by atoms with Crippen LogP contribution < -0.4 is 21.3 Å². The Labute approximate surface area is 239 Å². The Hall–Kier alpha value is -4.88. The summed E-state index contributed by atoms with van der Waals surface area (Å²) in [6, 6.07) is 17.3. The zero-order chi connectivity index (χ0) is 28.2. The summed E-state index contributed by atoms with van der Waals surface area (Å²) in [7, 11) is 1.67. The number of carbonyl (C=O) groups is 1. The molecule has 41 heavy (non-hydrogen) atoms. The number of para-hydroxylation sites is 1. The predicted molar refractivity (Wildman–Crippen MR) is 160 cm³/mol. The van der Waals surface area contributed by atoms with Gasteiger partial charge in [0.05, 0.1) is 24.6 Å². The highest BCUT2D eigenvalue weighted by Gasteiger charge is 2.29. The molecule has 2 aromatic carbocycles. The number of aliphatic imine (C=N–C) groups is 2. The fourth-order valence-corrected chi connectivity index (χ4v) is 5.64. The van der Waals surface area contributed by atoms with Crippen LogP contribution in [0, 0.1) is 0 Å². The SMILES string of the molecule is CN=CC(=CN)c1nc(-c2nnc(N[C@H]3N=C(c4ccccc4)c4ccccc4NC3=O)o2)c(N2CCOCC2)s1. The van der Waals surface area contributed by atoms with E-state index < -0.39 is 6.17 Å². The van der Waals surface area contributed by atoms with Crippen LogP contribution in [0.15, 0.2) is 75.2 Å². The van der Waals surface area contributed by atoms with E-state index in [9.17, 15) is 4.79 Å². The second-order valence-corrected chi connectivity index (χ2v) is 10.1. The van der Waals surface area contributed by atoms with E-state index in [1.54, 1.807) is 13.3 Å². The number of ether oxygens (including phenoxy) is 1. The fourth-order valence-electron chi connectivity index (χ4n) is 4.54. The van der Waals surface area contributed by atoms with Crippen LogP contribution in [0.5, 0.6) is 0 Å². The molecule has 4 N–H and O–H groups in total. The normalized spacial score (nSPS) is 17.6. The van der Waals surface area contributed by atoms with Crippen molar-refractivity contribution in [1.29, 1.82) is 0 Å². The van der Waals surface area contributed by atoms with E-state index in [-0.39, 0.29) is 17.8 Å². The molecule has 4 aromatic rings. The third-order valence-corrected chi connectivity index (χ3v) is 7.65. The number of anilines is 3. The van der Waals surface area contributed by atoms with E-state index in [0.29, 0.717) is 54.0 Å². The van der Waals surface area contributed by atoms with Crippen molar-refractivity contribution in [2.24, 2.45) is 15.7 Å². The predicted octanol–water partition coefficient (Wildman–Crippen LogP) is 3.26. The summed E-state index contributed by atoms with van der Waals surface area (Å²) in [5.74, 6) is -0.157. The lowest BCUT2D eigenvalue weighted by Crippen LogP contribution is -2.36. The van der Waals surface area contributed by atoms with E-state index in [4.69, 9.17) is 24.9 Å². The van der Waals surface area contributed by atoms with Gasteiger partial charge in [-0.05, 0) is 6.07 Å². The van der Waals surface area contributed by atoms with Crippen LogP contribution in [0.3, 0.4) is 0 Å². The molecule has 4 heterocycles. The molecule has 1 saturated heterocycles. The number of fused-ring (bicyclic) bond motifs is 1. The molecule has 1 amide bonds. The number of benzene rings is 2. The zero-order valence-corrected chi connectivity index (χ0v) is 23.0. The van der Waals surface area contributed by atoms with E-state index in [2.05, 4.69) is 30.7 Å². The molecule has 2 aliphatic rings. The maximum Gasteiger partial charge on any atom is 0.317 e. The Morgan fingerprint density at radius 2 is 1.93 bits per heavy atom. The number of nitrogens with one attached hydrogen (secondary N) is 2. The number of amides is 1. The number of hydrogen-bond acceptors (Lipinski definition) is 12. The van der Waals surface area contributed by atoms with Gasteiger partial charge >= 0.3 is 6.01 Å². The molecule has 208 valence electrons. The van der Waals surface area contributed by atoms with Gasteiger partial charge in [0, 0.05) is 49.3 Å². The van der Waals surface area contributed by atoms with Crippen molar-refractivity contribution in [2.75, 3.05) is 48.9 Å². The first-order valence-corrected chi connectivity index (χ1v) is 13.8. The van der Waals surface area contributed by atoms with Crippen LogP contribution in [0.2, 0.25) is 0 Å². The molecule has 13 heteroatoms. The molecule has 1 atom stereocenters. The van der Waals surface area contributed by atoms with Crippen molar-refractivity contribution in [2.45, 2.75) is 6.17 Å². The second kappa shape index (κ2) is 11.7. The first kappa shape index (κ1) is 26.3. The lowest BCUT2D eigenvalue weighted by molar-refractivity contribution is -0.116. The van der Waals surface area contributed by atoms with Crippen molar-refractivity contribution in [3.8, 4) is 11.6 Å². The average Bonchev–Trinajstić information content (AvgIpc) is 3.64. The molecular weight excluding hydrogens is 542 g/mol. The van der Waals surface area contributed by atoms with Gasteiger partial charge in [0.1, 0.15) is 10.0 Å². The Morgan fingerprint density at radius 1 is 1.15 bits per heavy atom. The minimum absolute atomic E-state index is 0.0365. The van der Waals surface area contributed by atoms with Gasteiger partial charge in [-0.25, -0.2) is 9.98 Å². The molecule has 0 aliphatic carbocycles. The van der Waals surface area contributed by atoms with Gasteiger partial charge in [-0.15, -0.1) is 5.10 Å². The van der Waals surface area contributed by atoms with Crippen molar-refractivity contribution >= 4 is 51.4 Å². The first-order valence-electron chi connectivity index (χ1n) is 13.0. The van der Waals surface area contributed by atoms with Gasteiger partial charge < -0.3 is 30.4 Å². The Balaban J connectivity index is 1.34. The highest BCUT2D eigenvalue weighted by atomic mass is 32.1. The number of rotatable bonds is 7. The van der Waals surface area contributed by atoms with Crippen LogP contribution in [0.1, 0.15) is 16.1 Å². The van der Waals surface area contributed by atoms with E-state index in [1.807, 2.05) is 54.6 Å². The summed E-state index contributed by atoms with van der Waals surface area (Å²) in [6.45, 7) is 2.58. The van der Waals surface area contributed by atoms with Gasteiger partial charge in [-0.3, -0.25) is 9.79 Å². The highest BCUT2D eigenvalue weighted by molar-refractivity contribution is 7.17. The zero-order valence-electron chi connectivity index (χ0n) is 22.2. The van der Waals surface area contributed by atoms with Gasteiger partial charge in [-0.2, -0.15) is 0 Å². The van der Waals surface area contributed by atoms with Gasteiger partial charge in [0.25, 0.3) is 11.8 Å². The summed E-state index contributed by atoms with van der Waals surface area (Å²) in [5.41, 5.74) is 10.1. The topological polar surface area (TPSA) is 156 Å². The van der Waals surface area contributed by atoms with Crippen LogP contribution in [-0.4, -0.2) is 72.5 Å². The van der Waals surface area contributed by atoms with Gasteiger partial charge in [-0.1, -0.05) is 65.0 Å². The highest BCUT2D eigenvalue weighted by Crippen LogP contribution is 2.38. The lowest BCUT2D eigenvalue weighted by atomic mass is 10.0. The fraction of sp³-hybridized carbons (Fsp3) is 0.214. The van der Waals surface area contributed by atoms with Crippen LogP contribution in [-0.2, 0) is 9.53 Å². The molecule has 0 unspecified atom stereocenters. The first-order chi connectivity index (χ1) is 20.1. The molecule has 12 nitrogen and oxygen atoms in total. The molecule has 2 aliphatic heterocycles. The minimum atomic E-state index is -1.02. The monoisotopic (exact) mass is 569 g/mol. The molecular formula is C28H27N9O3S.